The average molecular weight is 242 g/mol. The molecule has 0 radical (unpaired) electrons. The Morgan fingerprint density at radius 2 is 1.88 bits per heavy atom. The van der Waals surface area contributed by atoms with Crippen LogP contribution in [0.1, 0.15) is 59.3 Å². The molecule has 0 aromatic heterocycles. The van der Waals surface area contributed by atoms with Gasteiger partial charge >= 0.3 is 5.97 Å². The topological polar surface area (TPSA) is 35.5 Å². The van der Waals surface area contributed by atoms with Gasteiger partial charge in [0, 0.05) is 13.0 Å². The minimum atomic E-state index is -0.0445. The third-order valence-electron chi connectivity index (χ3n) is 3.29. The molecule has 1 saturated heterocycles. The van der Waals surface area contributed by atoms with Crippen molar-refractivity contribution in [3.63, 3.8) is 0 Å². The van der Waals surface area contributed by atoms with Gasteiger partial charge in [0.25, 0.3) is 0 Å². The van der Waals surface area contributed by atoms with Crippen molar-refractivity contribution in [3.05, 3.63) is 0 Å². The average Bonchev–Trinajstić information content (AvgIpc) is 2.22. The molecule has 1 aliphatic rings. The van der Waals surface area contributed by atoms with Crippen LogP contribution in [-0.4, -0.2) is 24.8 Å². The Balaban J connectivity index is 2.44. The highest BCUT2D eigenvalue weighted by atomic mass is 16.5. The predicted octanol–water partition coefficient (Wildman–Crippen LogP) is 3.32. The summed E-state index contributed by atoms with van der Waals surface area (Å²) in [5.41, 5.74) is -0.0291. The highest BCUT2D eigenvalue weighted by Crippen LogP contribution is 2.22. The molecule has 0 spiro atoms. The standard InChI is InChI=1S/C14H26O3/c1-12-7-6-8-14(2,3)17-10-5-4-9-16-13(15)11-12/h12H,4-11H2,1-3H3. The van der Waals surface area contributed by atoms with Crippen LogP contribution in [0.15, 0.2) is 0 Å². The molecule has 100 valence electrons. The van der Waals surface area contributed by atoms with Gasteiger partial charge in [0.1, 0.15) is 0 Å². The van der Waals surface area contributed by atoms with E-state index in [0.717, 1.165) is 38.7 Å². The molecule has 1 unspecified atom stereocenters. The number of cyclic esters (lactones) is 1. The van der Waals surface area contributed by atoms with Gasteiger partial charge in [-0.15, -0.1) is 0 Å². The molecule has 0 aromatic carbocycles. The van der Waals surface area contributed by atoms with E-state index in [0.29, 0.717) is 18.9 Å². The smallest absolute Gasteiger partial charge is 0.306 e. The number of carbonyl (C=O) groups excluding carboxylic acids is 1. The number of esters is 1. The largest absolute Gasteiger partial charge is 0.466 e. The predicted molar refractivity (Wildman–Crippen MR) is 67.9 cm³/mol. The molecule has 0 aromatic rings. The number of hydrogen-bond donors (Lipinski definition) is 0. The van der Waals surface area contributed by atoms with Crippen molar-refractivity contribution in [1.82, 2.24) is 0 Å². The molecule has 1 fully saturated rings. The van der Waals surface area contributed by atoms with Crippen LogP contribution in [0, 0.1) is 5.92 Å². The molecule has 3 heteroatoms. The SMILES string of the molecule is CC1CCCC(C)(C)OCCCCOC(=O)C1. The fraction of sp³-hybridized carbons (Fsp3) is 0.929. The highest BCUT2D eigenvalue weighted by Gasteiger charge is 2.19. The molecule has 1 rings (SSSR count). The van der Waals surface area contributed by atoms with Crippen LogP contribution >= 0.6 is 0 Å². The first-order valence-electron chi connectivity index (χ1n) is 6.79. The summed E-state index contributed by atoms with van der Waals surface area (Å²) < 4.78 is 11.0. The fourth-order valence-corrected chi connectivity index (χ4v) is 2.13. The van der Waals surface area contributed by atoms with E-state index >= 15 is 0 Å². The highest BCUT2D eigenvalue weighted by molar-refractivity contribution is 5.69. The van der Waals surface area contributed by atoms with E-state index in [9.17, 15) is 4.79 Å². The third kappa shape index (κ3) is 6.67. The quantitative estimate of drug-likeness (QED) is 0.611. The second-order valence-corrected chi connectivity index (χ2v) is 5.74. The first-order valence-corrected chi connectivity index (χ1v) is 6.79. The summed E-state index contributed by atoms with van der Waals surface area (Å²) in [6, 6.07) is 0. The Labute approximate surface area is 105 Å². The van der Waals surface area contributed by atoms with Crippen LogP contribution < -0.4 is 0 Å². The Morgan fingerprint density at radius 3 is 2.65 bits per heavy atom. The van der Waals surface area contributed by atoms with E-state index < -0.39 is 0 Å². The van der Waals surface area contributed by atoms with E-state index in [1.807, 2.05) is 0 Å². The maximum absolute atomic E-state index is 11.5. The van der Waals surface area contributed by atoms with E-state index in [2.05, 4.69) is 20.8 Å². The number of hydrogen-bond acceptors (Lipinski definition) is 3. The van der Waals surface area contributed by atoms with Crippen LogP contribution in [0.2, 0.25) is 0 Å². The second kappa shape index (κ2) is 7.00. The summed E-state index contributed by atoms with van der Waals surface area (Å²) >= 11 is 0. The first kappa shape index (κ1) is 14.5. The molecule has 3 nitrogen and oxygen atoms in total. The Kier molecular flexibility index (Phi) is 5.96. The molecule has 0 bridgehead atoms. The van der Waals surface area contributed by atoms with Crippen LogP contribution in [0.4, 0.5) is 0 Å². The van der Waals surface area contributed by atoms with Gasteiger partial charge in [-0.25, -0.2) is 0 Å². The van der Waals surface area contributed by atoms with Gasteiger partial charge in [0.15, 0.2) is 0 Å². The summed E-state index contributed by atoms with van der Waals surface area (Å²) in [7, 11) is 0. The van der Waals surface area contributed by atoms with Gasteiger partial charge in [-0.3, -0.25) is 4.79 Å². The first-order chi connectivity index (χ1) is 7.99. The maximum Gasteiger partial charge on any atom is 0.306 e. The van der Waals surface area contributed by atoms with Gasteiger partial charge in [-0.2, -0.15) is 0 Å². The summed E-state index contributed by atoms with van der Waals surface area (Å²) in [5, 5.41) is 0. The van der Waals surface area contributed by atoms with Crippen molar-refractivity contribution in [3.8, 4) is 0 Å². The molecule has 17 heavy (non-hydrogen) atoms. The van der Waals surface area contributed by atoms with Gasteiger partial charge in [0.05, 0.1) is 12.2 Å². The van der Waals surface area contributed by atoms with Crippen molar-refractivity contribution < 1.29 is 14.3 Å². The van der Waals surface area contributed by atoms with Gasteiger partial charge in [-0.05, 0) is 39.0 Å². The van der Waals surface area contributed by atoms with Crippen molar-refractivity contribution in [2.75, 3.05) is 13.2 Å². The van der Waals surface area contributed by atoms with Crippen molar-refractivity contribution in [1.29, 1.82) is 0 Å². The molecule has 0 amide bonds. The Morgan fingerprint density at radius 1 is 1.18 bits per heavy atom. The monoisotopic (exact) mass is 242 g/mol. The Bertz CT molecular complexity index is 236. The molecular formula is C14H26O3. The fourth-order valence-electron chi connectivity index (χ4n) is 2.13. The summed E-state index contributed by atoms with van der Waals surface area (Å²) in [5.74, 6) is 0.371. The number of carbonyl (C=O) groups is 1. The molecular weight excluding hydrogens is 216 g/mol. The van der Waals surface area contributed by atoms with Crippen molar-refractivity contribution in [2.45, 2.75) is 64.9 Å². The minimum absolute atomic E-state index is 0.0291. The normalized spacial score (nSPS) is 28.4. The van der Waals surface area contributed by atoms with E-state index in [1.54, 1.807) is 0 Å². The Hall–Kier alpha value is -0.570. The molecule has 1 aliphatic heterocycles. The number of rotatable bonds is 0. The van der Waals surface area contributed by atoms with Gasteiger partial charge in [0.2, 0.25) is 0 Å². The third-order valence-corrected chi connectivity index (χ3v) is 3.29. The molecule has 1 atom stereocenters. The molecule has 0 saturated carbocycles. The van der Waals surface area contributed by atoms with Crippen molar-refractivity contribution in [2.24, 2.45) is 5.92 Å². The zero-order valence-corrected chi connectivity index (χ0v) is 11.5. The van der Waals surface area contributed by atoms with E-state index in [1.165, 1.54) is 0 Å². The maximum atomic E-state index is 11.5. The van der Waals surface area contributed by atoms with Gasteiger partial charge < -0.3 is 9.47 Å². The zero-order valence-electron chi connectivity index (χ0n) is 11.5. The van der Waals surface area contributed by atoms with Crippen LogP contribution in [0.25, 0.3) is 0 Å². The van der Waals surface area contributed by atoms with Gasteiger partial charge in [-0.1, -0.05) is 19.8 Å². The van der Waals surface area contributed by atoms with E-state index in [4.69, 9.17) is 9.47 Å². The minimum Gasteiger partial charge on any atom is -0.466 e. The van der Waals surface area contributed by atoms with Crippen LogP contribution in [0.5, 0.6) is 0 Å². The zero-order chi connectivity index (χ0) is 12.7. The summed E-state index contributed by atoms with van der Waals surface area (Å²) in [6.07, 6.45) is 5.67. The molecule has 0 aliphatic carbocycles. The van der Waals surface area contributed by atoms with Crippen molar-refractivity contribution >= 4 is 5.97 Å². The lowest BCUT2D eigenvalue weighted by Gasteiger charge is -2.25. The molecule has 0 N–H and O–H groups in total. The van der Waals surface area contributed by atoms with Crippen LogP contribution in [0.3, 0.4) is 0 Å². The molecule has 1 heterocycles. The van der Waals surface area contributed by atoms with E-state index in [-0.39, 0.29) is 11.6 Å². The lowest BCUT2D eigenvalue weighted by atomic mass is 9.95. The summed E-state index contributed by atoms with van der Waals surface area (Å²) in [4.78, 5) is 11.5. The van der Waals surface area contributed by atoms with Crippen LogP contribution in [-0.2, 0) is 14.3 Å². The lowest BCUT2D eigenvalue weighted by molar-refractivity contribution is -0.144. The second-order valence-electron chi connectivity index (χ2n) is 5.74. The summed E-state index contributed by atoms with van der Waals surface area (Å²) in [6.45, 7) is 7.72. The lowest BCUT2D eigenvalue weighted by Crippen LogP contribution is -2.25. The number of ether oxygens (including phenoxy) is 2.